The number of rotatable bonds is 0. The first kappa shape index (κ1) is 1790. The summed E-state index contributed by atoms with van der Waals surface area (Å²) in [5.74, 6) is 0. The standard InChI is InChI=1S/ClH.7H2O.Ru/h1H;7*1H2;. The quantitative estimate of drug-likeness (QED) is 0.373. The van der Waals surface area contributed by atoms with E-state index in [4.69, 9.17) is 0 Å². The van der Waals surface area contributed by atoms with E-state index in [2.05, 4.69) is 0 Å². The molecule has 0 rings (SSSR count). The predicted octanol–water partition coefficient (Wildman–Crippen LogP) is -5.35. The van der Waals surface area contributed by atoms with Crippen molar-refractivity contribution in [2.45, 2.75) is 0 Å². The van der Waals surface area contributed by atoms with E-state index in [1.165, 1.54) is 0 Å². The summed E-state index contributed by atoms with van der Waals surface area (Å²) in [6.07, 6.45) is 0. The third kappa shape index (κ3) is 947. The van der Waals surface area contributed by atoms with E-state index in [0.717, 1.165) is 0 Å². The van der Waals surface area contributed by atoms with Gasteiger partial charge in [0.2, 0.25) is 0 Å². The minimum absolute atomic E-state index is 0. The molecule has 0 radical (unpaired) electrons. The van der Waals surface area contributed by atoms with Crippen LogP contribution in [0.25, 0.3) is 0 Å². The number of hydrogen-bond donors (Lipinski definition) is 0. The normalized spacial score (nSPS) is 0. The average molecular weight is 264 g/mol. The minimum Gasteiger partial charge on any atom is -0.412 e. The van der Waals surface area contributed by atoms with Crippen LogP contribution in [0.5, 0.6) is 0 Å². The zero-order valence-corrected chi connectivity index (χ0v) is 6.82. The SMILES string of the molecule is Cl.O.O.O.O.O.O.O.[Ru]. The molecule has 0 aromatic heterocycles. The molecule has 0 aliphatic heterocycles. The van der Waals surface area contributed by atoms with E-state index in [1.807, 2.05) is 0 Å². The molecule has 0 aromatic carbocycles. The second-order valence-corrected chi connectivity index (χ2v) is 0. The van der Waals surface area contributed by atoms with Gasteiger partial charge in [-0.2, -0.15) is 0 Å². The van der Waals surface area contributed by atoms with Crippen LogP contribution in [-0.2, 0) is 19.5 Å². The first-order chi connectivity index (χ1) is 0. The zero-order chi connectivity index (χ0) is 0. The van der Waals surface area contributed by atoms with Crippen LogP contribution < -0.4 is 0 Å². The molecule has 0 atom stereocenters. The Bertz CT molecular complexity index is 8.88. The van der Waals surface area contributed by atoms with Gasteiger partial charge in [0.15, 0.2) is 0 Å². The Kier molecular flexibility index (Phi) is 249000. The molecule has 0 amide bonds. The van der Waals surface area contributed by atoms with Gasteiger partial charge in [0.1, 0.15) is 0 Å². The van der Waals surface area contributed by atoms with Gasteiger partial charge in [-0.05, 0) is 0 Å². The smallest absolute Gasteiger partial charge is 0 e. The van der Waals surface area contributed by atoms with Crippen molar-refractivity contribution < 1.29 is 57.8 Å². The summed E-state index contributed by atoms with van der Waals surface area (Å²) in [5, 5.41) is 0. The second-order valence-electron chi connectivity index (χ2n) is 0. The second kappa shape index (κ2) is 1250. The molecular formula is H15ClO7Ru. The van der Waals surface area contributed by atoms with Gasteiger partial charge >= 0.3 is 0 Å². The van der Waals surface area contributed by atoms with Crippen LogP contribution in [-0.4, -0.2) is 38.3 Å². The van der Waals surface area contributed by atoms with Gasteiger partial charge in [-0.3, -0.25) is 0 Å². The first-order valence-electron chi connectivity index (χ1n) is 0. The summed E-state index contributed by atoms with van der Waals surface area (Å²) >= 11 is 0. The molecule has 0 aliphatic carbocycles. The van der Waals surface area contributed by atoms with Gasteiger partial charge in [-0.1, -0.05) is 0 Å². The van der Waals surface area contributed by atoms with Crippen molar-refractivity contribution in [2.75, 3.05) is 0 Å². The van der Waals surface area contributed by atoms with Gasteiger partial charge in [-0.15, -0.1) is 12.4 Å². The summed E-state index contributed by atoms with van der Waals surface area (Å²) in [6, 6.07) is 0. The summed E-state index contributed by atoms with van der Waals surface area (Å²) in [7, 11) is 0. The van der Waals surface area contributed by atoms with Crippen molar-refractivity contribution in [1.29, 1.82) is 0 Å². The maximum absolute atomic E-state index is 0. The van der Waals surface area contributed by atoms with Crippen molar-refractivity contribution in [3.05, 3.63) is 0 Å². The van der Waals surface area contributed by atoms with Gasteiger partial charge in [-0.25, -0.2) is 0 Å². The summed E-state index contributed by atoms with van der Waals surface area (Å²) < 4.78 is 0. The topological polar surface area (TPSA) is 220 Å². The van der Waals surface area contributed by atoms with Crippen LogP contribution >= 0.6 is 12.4 Å². The Morgan fingerprint density at radius 2 is 0.333 bits per heavy atom. The van der Waals surface area contributed by atoms with Crippen molar-refractivity contribution in [2.24, 2.45) is 0 Å². The van der Waals surface area contributed by atoms with Gasteiger partial charge in [0, 0.05) is 19.5 Å². The molecule has 0 unspecified atom stereocenters. The third-order valence-electron chi connectivity index (χ3n) is 0. The predicted molar refractivity (Wildman–Crippen MR) is 32.5 cm³/mol. The van der Waals surface area contributed by atoms with Crippen LogP contribution in [0, 0.1) is 0 Å². The Balaban J connectivity index is 0. The van der Waals surface area contributed by atoms with E-state index >= 15 is 0 Å². The summed E-state index contributed by atoms with van der Waals surface area (Å²) in [6.45, 7) is 0. The molecule has 0 aromatic rings. The monoisotopic (exact) mass is 264 g/mol. The van der Waals surface area contributed by atoms with Crippen LogP contribution in [0.4, 0.5) is 0 Å². The van der Waals surface area contributed by atoms with Crippen molar-refractivity contribution >= 4 is 12.4 Å². The van der Waals surface area contributed by atoms with E-state index in [9.17, 15) is 0 Å². The minimum atomic E-state index is 0. The molecule has 0 fully saturated rings. The number of hydrogen-bond acceptors (Lipinski definition) is 0. The van der Waals surface area contributed by atoms with Crippen LogP contribution in [0.15, 0.2) is 0 Å². The fourth-order valence-electron chi connectivity index (χ4n) is 0. The largest absolute Gasteiger partial charge is 0.412 e. The van der Waals surface area contributed by atoms with Crippen LogP contribution in [0.1, 0.15) is 0 Å². The molecule has 0 saturated heterocycles. The molecule has 14 N–H and O–H groups in total. The first-order valence-corrected chi connectivity index (χ1v) is 0. The Morgan fingerprint density at radius 1 is 0.333 bits per heavy atom. The Morgan fingerprint density at radius 3 is 0.333 bits per heavy atom. The molecule has 9 heavy (non-hydrogen) atoms. The van der Waals surface area contributed by atoms with E-state index in [0.29, 0.717) is 0 Å². The summed E-state index contributed by atoms with van der Waals surface area (Å²) in [4.78, 5) is 0. The van der Waals surface area contributed by atoms with Gasteiger partial charge < -0.3 is 38.3 Å². The molecule has 0 heterocycles. The molecule has 0 saturated carbocycles. The van der Waals surface area contributed by atoms with Gasteiger partial charge in [0.25, 0.3) is 0 Å². The molecule has 0 bridgehead atoms. The molecule has 72 valence electrons. The van der Waals surface area contributed by atoms with Gasteiger partial charge in [0.05, 0.1) is 0 Å². The van der Waals surface area contributed by atoms with Crippen LogP contribution in [0.3, 0.4) is 0 Å². The molecule has 0 aliphatic rings. The maximum Gasteiger partial charge on any atom is 0 e. The van der Waals surface area contributed by atoms with E-state index in [1.54, 1.807) is 0 Å². The fraction of sp³-hybridized carbons (Fsp3) is 0. The third-order valence-corrected chi connectivity index (χ3v) is 0. The van der Waals surface area contributed by atoms with Crippen molar-refractivity contribution in [3.63, 3.8) is 0 Å². The molecular weight excluding hydrogens is 249 g/mol. The maximum atomic E-state index is 0. The fourth-order valence-corrected chi connectivity index (χ4v) is 0. The van der Waals surface area contributed by atoms with Crippen LogP contribution in [0.2, 0.25) is 0 Å². The molecule has 0 spiro atoms. The Labute approximate surface area is 70.8 Å². The van der Waals surface area contributed by atoms with E-state index < -0.39 is 0 Å². The Hall–Kier alpha value is 0.633. The zero-order valence-electron chi connectivity index (χ0n) is 4.26. The molecule has 7 nitrogen and oxygen atoms in total. The van der Waals surface area contributed by atoms with Crippen molar-refractivity contribution in [1.82, 2.24) is 0 Å². The van der Waals surface area contributed by atoms with E-state index in [-0.39, 0.29) is 70.2 Å². The summed E-state index contributed by atoms with van der Waals surface area (Å²) in [5.41, 5.74) is 0. The average Bonchev–Trinajstić information content (AvgIpc) is 0. The molecule has 9 heteroatoms. The number of halogens is 1. The van der Waals surface area contributed by atoms with Crippen molar-refractivity contribution in [3.8, 4) is 0 Å².